The maximum Gasteiger partial charge on any atom is 0.254 e. The van der Waals surface area contributed by atoms with Crippen LogP contribution in [0.5, 0.6) is 0 Å². The molecule has 2 bridgehead atoms. The van der Waals surface area contributed by atoms with Crippen LogP contribution in [-0.4, -0.2) is 23.0 Å². The Kier molecular flexibility index (Phi) is 3.60. The molecule has 4 nitrogen and oxygen atoms in total. The van der Waals surface area contributed by atoms with Crippen molar-refractivity contribution in [1.29, 1.82) is 0 Å². The Labute approximate surface area is 174 Å². The number of hydrogen-bond acceptors (Lipinski definition) is 3. The van der Waals surface area contributed by atoms with Crippen molar-refractivity contribution < 1.29 is 9.59 Å². The molecule has 0 saturated carbocycles. The molecule has 3 aromatic carbocycles. The number of aryl methyl sites for hydroxylation is 1. The summed E-state index contributed by atoms with van der Waals surface area (Å²) in [4.78, 5) is 26.9. The van der Waals surface area contributed by atoms with Crippen molar-refractivity contribution in [3.8, 4) is 0 Å². The SMILES string of the molecule is Cc1ccc(/C=N\N2C(=O)[C@H]3C4c5ccccc5C(c5ccccc54)[C@@H]3C2=O)cc1. The van der Waals surface area contributed by atoms with Crippen LogP contribution in [0.3, 0.4) is 0 Å². The average Bonchev–Trinajstić information content (AvgIpc) is 3.04. The van der Waals surface area contributed by atoms with Gasteiger partial charge in [-0.2, -0.15) is 10.1 Å². The van der Waals surface area contributed by atoms with Gasteiger partial charge in [-0.1, -0.05) is 78.4 Å². The van der Waals surface area contributed by atoms with Crippen LogP contribution in [0.25, 0.3) is 0 Å². The highest BCUT2D eigenvalue weighted by Gasteiger charge is 2.61. The third-order valence-corrected chi connectivity index (χ3v) is 6.82. The predicted octanol–water partition coefficient (Wildman–Crippen LogP) is 4.22. The second kappa shape index (κ2) is 6.23. The van der Waals surface area contributed by atoms with E-state index < -0.39 is 0 Å². The first-order valence-corrected chi connectivity index (χ1v) is 10.3. The summed E-state index contributed by atoms with van der Waals surface area (Å²) < 4.78 is 0. The zero-order chi connectivity index (χ0) is 20.4. The van der Waals surface area contributed by atoms with E-state index in [2.05, 4.69) is 29.4 Å². The van der Waals surface area contributed by atoms with Gasteiger partial charge in [0.25, 0.3) is 11.8 Å². The molecular formula is C26H20N2O2. The summed E-state index contributed by atoms with van der Waals surface area (Å²) in [6.45, 7) is 2.02. The van der Waals surface area contributed by atoms with Crippen molar-refractivity contribution >= 4 is 18.0 Å². The summed E-state index contributed by atoms with van der Waals surface area (Å²) in [5.41, 5.74) is 6.71. The van der Waals surface area contributed by atoms with Crippen molar-refractivity contribution in [3.63, 3.8) is 0 Å². The highest BCUT2D eigenvalue weighted by molar-refractivity contribution is 6.08. The zero-order valence-electron chi connectivity index (χ0n) is 16.5. The van der Waals surface area contributed by atoms with E-state index in [0.29, 0.717) is 0 Å². The lowest BCUT2D eigenvalue weighted by Crippen LogP contribution is -2.41. The van der Waals surface area contributed by atoms with Crippen molar-refractivity contribution in [3.05, 3.63) is 106 Å². The predicted molar refractivity (Wildman–Crippen MR) is 114 cm³/mol. The van der Waals surface area contributed by atoms with Crippen LogP contribution in [0.2, 0.25) is 0 Å². The van der Waals surface area contributed by atoms with Crippen molar-refractivity contribution in [2.75, 3.05) is 0 Å². The smallest absolute Gasteiger partial charge is 0.254 e. The molecule has 30 heavy (non-hydrogen) atoms. The van der Waals surface area contributed by atoms with E-state index in [1.807, 2.05) is 55.5 Å². The molecule has 0 aromatic heterocycles. The van der Waals surface area contributed by atoms with Gasteiger partial charge in [0.15, 0.2) is 0 Å². The first-order valence-electron chi connectivity index (χ1n) is 10.3. The topological polar surface area (TPSA) is 49.7 Å². The molecule has 1 aliphatic heterocycles. The number of imide groups is 1. The molecule has 2 atom stereocenters. The maximum atomic E-state index is 13.4. The van der Waals surface area contributed by atoms with Gasteiger partial charge in [-0.3, -0.25) is 9.59 Å². The number of benzene rings is 3. The van der Waals surface area contributed by atoms with Crippen LogP contribution in [0.4, 0.5) is 0 Å². The molecule has 4 aliphatic rings. The maximum absolute atomic E-state index is 13.4. The van der Waals surface area contributed by atoms with Crippen molar-refractivity contribution in [2.45, 2.75) is 18.8 Å². The van der Waals surface area contributed by atoms with Crippen LogP contribution in [0.1, 0.15) is 45.2 Å². The van der Waals surface area contributed by atoms with Crippen LogP contribution in [0, 0.1) is 18.8 Å². The number of amides is 2. The summed E-state index contributed by atoms with van der Waals surface area (Å²) in [6, 6.07) is 24.4. The minimum Gasteiger partial charge on any atom is -0.272 e. The van der Waals surface area contributed by atoms with Gasteiger partial charge in [-0.15, -0.1) is 0 Å². The number of hydrogen-bond donors (Lipinski definition) is 0. The molecule has 3 aliphatic carbocycles. The first-order chi connectivity index (χ1) is 14.6. The number of carbonyl (C=O) groups excluding carboxylic acids is 2. The Balaban J connectivity index is 1.45. The largest absolute Gasteiger partial charge is 0.272 e. The Bertz CT molecular complexity index is 1110. The third kappa shape index (κ3) is 2.25. The molecule has 0 N–H and O–H groups in total. The van der Waals surface area contributed by atoms with E-state index in [-0.39, 0.29) is 35.5 Å². The van der Waals surface area contributed by atoms with Crippen LogP contribution < -0.4 is 0 Å². The summed E-state index contributed by atoms with van der Waals surface area (Å²) in [5.74, 6) is -1.34. The Morgan fingerprint density at radius 2 is 1.13 bits per heavy atom. The molecule has 0 radical (unpaired) electrons. The fourth-order valence-electron chi connectivity index (χ4n) is 5.55. The first kappa shape index (κ1) is 17.3. The van der Waals surface area contributed by atoms with Gasteiger partial charge in [0.05, 0.1) is 18.1 Å². The normalized spacial score (nSPS) is 26.1. The van der Waals surface area contributed by atoms with E-state index in [1.54, 1.807) is 6.21 Å². The zero-order valence-corrected chi connectivity index (χ0v) is 16.5. The highest BCUT2D eigenvalue weighted by atomic mass is 16.2. The second-order valence-corrected chi connectivity index (χ2v) is 8.41. The fraction of sp³-hybridized carbons (Fsp3) is 0.192. The number of rotatable bonds is 2. The van der Waals surface area contributed by atoms with E-state index in [0.717, 1.165) is 16.1 Å². The van der Waals surface area contributed by atoms with E-state index in [1.165, 1.54) is 22.3 Å². The molecule has 4 heteroatoms. The lowest BCUT2D eigenvalue weighted by Gasteiger charge is -2.45. The fourth-order valence-corrected chi connectivity index (χ4v) is 5.55. The van der Waals surface area contributed by atoms with Crippen LogP contribution in [-0.2, 0) is 9.59 Å². The molecule has 1 saturated heterocycles. The standard InChI is InChI=1S/C26H20N2O2/c1-15-10-12-16(13-11-15)14-27-28-25(29)23-21-17-6-2-3-7-18(17)22(24(23)26(28)30)20-9-5-4-8-19(20)21/h2-14,21-24H,1H3/b27-14-/t21?,22?,23-,24-/m0/s1. The molecule has 3 aromatic rings. The number of carbonyl (C=O) groups is 2. The van der Waals surface area contributed by atoms with Gasteiger partial charge < -0.3 is 0 Å². The molecule has 1 fully saturated rings. The Morgan fingerprint density at radius 3 is 1.57 bits per heavy atom. The van der Waals surface area contributed by atoms with E-state index >= 15 is 0 Å². The quantitative estimate of drug-likeness (QED) is 0.484. The number of hydrazone groups is 1. The summed E-state index contributed by atoms with van der Waals surface area (Å²) in [6.07, 6.45) is 1.61. The number of nitrogens with zero attached hydrogens (tertiary/aromatic N) is 2. The lowest BCUT2D eigenvalue weighted by atomic mass is 9.55. The lowest BCUT2D eigenvalue weighted by molar-refractivity contribution is -0.139. The molecular weight excluding hydrogens is 372 g/mol. The Hall–Kier alpha value is -3.53. The minimum atomic E-state index is -0.387. The van der Waals surface area contributed by atoms with Gasteiger partial charge in [0, 0.05) is 11.8 Å². The summed E-state index contributed by atoms with van der Waals surface area (Å²) in [5, 5.41) is 5.46. The van der Waals surface area contributed by atoms with E-state index in [9.17, 15) is 9.59 Å². The van der Waals surface area contributed by atoms with Gasteiger partial charge in [0.1, 0.15) is 0 Å². The van der Waals surface area contributed by atoms with Crippen LogP contribution >= 0.6 is 0 Å². The molecule has 7 rings (SSSR count). The van der Waals surface area contributed by atoms with Crippen molar-refractivity contribution in [1.82, 2.24) is 5.01 Å². The molecule has 0 spiro atoms. The second-order valence-electron chi connectivity index (χ2n) is 8.41. The van der Waals surface area contributed by atoms with Gasteiger partial charge in [-0.05, 0) is 34.7 Å². The summed E-state index contributed by atoms with van der Waals surface area (Å²) >= 11 is 0. The molecule has 0 unspecified atom stereocenters. The molecule has 2 amide bonds. The third-order valence-electron chi connectivity index (χ3n) is 6.82. The molecule has 146 valence electrons. The monoisotopic (exact) mass is 392 g/mol. The van der Waals surface area contributed by atoms with Crippen molar-refractivity contribution in [2.24, 2.45) is 16.9 Å². The minimum absolute atomic E-state index is 0.0941. The van der Waals surface area contributed by atoms with Gasteiger partial charge in [0.2, 0.25) is 0 Å². The summed E-state index contributed by atoms with van der Waals surface area (Å²) in [7, 11) is 0. The molecule has 1 heterocycles. The van der Waals surface area contributed by atoms with Gasteiger partial charge >= 0.3 is 0 Å². The highest BCUT2D eigenvalue weighted by Crippen LogP contribution is 2.60. The average molecular weight is 392 g/mol. The Morgan fingerprint density at radius 1 is 0.700 bits per heavy atom. The van der Waals surface area contributed by atoms with Gasteiger partial charge in [-0.25, -0.2) is 0 Å². The van der Waals surface area contributed by atoms with Crippen LogP contribution in [0.15, 0.2) is 77.9 Å². The van der Waals surface area contributed by atoms with E-state index in [4.69, 9.17) is 0 Å².